The van der Waals surface area contributed by atoms with Gasteiger partial charge >= 0.3 is 0 Å². The molecule has 2 heterocycles. The first kappa shape index (κ1) is 20.7. The van der Waals surface area contributed by atoms with Gasteiger partial charge in [-0.1, -0.05) is 56.0 Å². The standard InChI is InChI=1S/C24H38N4O/c25-23(27-22-10-6-1-2-7-11-22)26-16-21-18-28(17-20-8-4-3-5-9-20)19-24(21)12-14-29-15-13-24/h3-5,8-9,21-22H,1-2,6-7,10-19H2,(H3,25,26,27). The summed E-state index contributed by atoms with van der Waals surface area (Å²) in [5, 5.41) is 3.51. The molecule has 1 aromatic carbocycles. The van der Waals surface area contributed by atoms with Crippen LogP contribution in [0.4, 0.5) is 0 Å². The number of likely N-dealkylation sites (tertiary alicyclic amines) is 1. The van der Waals surface area contributed by atoms with Gasteiger partial charge in [-0.3, -0.25) is 9.89 Å². The van der Waals surface area contributed by atoms with Crippen molar-refractivity contribution in [3.8, 4) is 0 Å². The van der Waals surface area contributed by atoms with Gasteiger partial charge < -0.3 is 15.8 Å². The van der Waals surface area contributed by atoms with Crippen LogP contribution >= 0.6 is 0 Å². The Morgan fingerprint density at radius 1 is 1.10 bits per heavy atom. The molecule has 5 heteroatoms. The van der Waals surface area contributed by atoms with E-state index in [1.165, 1.54) is 44.1 Å². The molecule has 0 radical (unpaired) electrons. The maximum atomic E-state index is 6.31. The molecule has 1 unspecified atom stereocenters. The summed E-state index contributed by atoms with van der Waals surface area (Å²) in [7, 11) is 0. The maximum absolute atomic E-state index is 6.31. The minimum atomic E-state index is 0.332. The lowest BCUT2D eigenvalue weighted by atomic mass is 9.72. The van der Waals surface area contributed by atoms with E-state index in [-0.39, 0.29) is 0 Å². The lowest BCUT2D eigenvalue weighted by molar-refractivity contribution is 0.00110. The zero-order valence-electron chi connectivity index (χ0n) is 17.8. The summed E-state index contributed by atoms with van der Waals surface area (Å²) >= 11 is 0. The largest absolute Gasteiger partial charge is 0.381 e. The number of guanidine groups is 1. The summed E-state index contributed by atoms with van der Waals surface area (Å²) in [6.07, 6.45) is 10.1. The van der Waals surface area contributed by atoms with Crippen molar-refractivity contribution in [2.45, 2.75) is 64.0 Å². The Kier molecular flexibility index (Phi) is 7.09. The first-order valence-electron chi connectivity index (χ1n) is 11.6. The third-order valence-electron chi connectivity index (χ3n) is 7.31. The van der Waals surface area contributed by atoms with Crippen molar-refractivity contribution in [1.82, 2.24) is 10.2 Å². The van der Waals surface area contributed by atoms with Crippen molar-refractivity contribution in [3.05, 3.63) is 35.9 Å². The minimum Gasteiger partial charge on any atom is -0.381 e. The van der Waals surface area contributed by atoms with Gasteiger partial charge in [0.25, 0.3) is 0 Å². The Morgan fingerprint density at radius 3 is 2.55 bits per heavy atom. The molecule has 0 amide bonds. The highest BCUT2D eigenvalue weighted by Crippen LogP contribution is 2.44. The number of aliphatic imine (C=N–C) groups is 1. The summed E-state index contributed by atoms with van der Waals surface area (Å²) in [5.41, 5.74) is 8.04. The van der Waals surface area contributed by atoms with Crippen molar-refractivity contribution in [3.63, 3.8) is 0 Å². The maximum Gasteiger partial charge on any atom is 0.188 e. The second-order valence-corrected chi connectivity index (χ2v) is 9.39. The minimum absolute atomic E-state index is 0.332. The van der Waals surface area contributed by atoms with Crippen molar-refractivity contribution in [2.24, 2.45) is 22.1 Å². The lowest BCUT2D eigenvalue weighted by Gasteiger charge is -2.37. The van der Waals surface area contributed by atoms with Crippen molar-refractivity contribution in [1.29, 1.82) is 0 Å². The summed E-state index contributed by atoms with van der Waals surface area (Å²) in [6.45, 7) is 5.89. The normalized spacial score (nSPS) is 26.5. The average Bonchev–Trinajstić information content (AvgIpc) is 2.89. The molecule has 0 aromatic heterocycles. The van der Waals surface area contributed by atoms with E-state index in [1.54, 1.807) is 0 Å². The molecular formula is C24H38N4O. The van der Waals surface area contributed by atoms with Crippen LogP contribution in [0.3, 0.4) is 0 Å². The highest BCUT2D eigenvalue weighted by molar-refractivity contribution is 5.78. The van der Waals surface area contributed by atoms with E-state index in [1.807, 2.05) is 0 Å². The van der Waals surface area contributed by atoms with Crippen LogP contribution < -0.4 is 11.1 Å². The van der Waals surface area contributed by atoms with Gasteiger partial charge in [-0.15, -0.1) is 0 Å². The van der Waals surface area contributed by atoms with Crippen LogP contribution in [0.15, 0.2) is 35.3 Å². The first-order chi connectivity index (χ1) is 14.2. The Balaban J connectivity index is 1.38. The Bertz CT molecular complexity index is 648. The number of nitrogens with two attached hydrogens (primary N) is 1. The Morgan fingerprint density at radius 2 is 1.83 bits per heavy atom. The number of benzene rings is 1. The fraction of sp³-hybridized carbons (Fsp3) is 0.708. The molecule has 3 fully saturated rings. The SMILES string of the molecule is NC(=NCC1CN(Cc2ccccc2)CC12CCOCC2)NC1CCCCCC1. The molecule has 3 aliphatic rings. The molecule has 0 bridgehead atoms. The highest BCUT2D eigenvalue weighted by Gasteiger charge is 2.46. The molecule has 1 saturated carbocycles. The number of rotatable bonds is 5. The third kappa shape index (κ3) is 5.52. The zero-order valence-corrected chi connectivity index (χ0v) is 17.8. The predicted octanol–water partition coefficient (Wildman–Crippen LogP) is 3.54. The van der Waals surface area contributed by atoms with Crippen molar-refractivity contribution >= 4 is 5.96 Å². The number of ether oxygens (including phenoxy) is 1. The first-order valence-corrected chi connectivity index (χ1v) is 11.6. The van der Waals surface area contributed by atoms with Crippen LogP contribution in [0.25, 0.3) is 0 Å². The molecule has 2 saturated heterocycles. The molecule has 1 aliphatic carbocycles. The van der Waals surface area contributed by atoms with E-state index in [9.17, 15) is 0 Å². The highest BCUT2D eigenvalue weighted by atomic mass is 16.5. The van der Waals surface area contributed by atoms with Gasteiger partial charge in [0.05, 0.1) is 0 Å². The molecule has 1 aromatic rings. The third-order valence-corrected chi connectivity index (χ3v) is 7.31. The van der Waals surface area contributed by atoms with Crippen LogP contribution in [-0.4, -0.2) is 49.7 Å². The van der Waals surface area contributed by atoms with Gasteiger partial charge in [0.15, 0.2) is 5.96 Å². The summed E-state index contributed by atoms with van der Waals surface area (Å²) in [6, 6.07) is 11.3. The topological polar surface area (TPSA) is 62.9 Å². The number of hydrogen-bond acceptors (Lipinski definition) is 3. The number of hydrogen-bond donors (Lipinski definition) is 2. The zero-order chi connectivity index (χ0) is 19.9. The fourth-order valence-electron chi connectivity index (χ4n) is 5.59. The Labute approximate surface area is 176 Å². The Hall–Kier alpha value is -1.59. The van der Waals surface area contributed by atoms with Gasteiger partial charge in [-0.05, 0) is 42.6 Å². The van der Waals surface area contributed by atoms with Gasteiger partial charge in [0.2, 0.25) is 0 Å². The van der Waals surface area contributed by atoms with E-state index < -0.39 is 0 Å². The molecule has 160 valence electrons. The molecule has 1 spiro atoms. The van der Waals surface area contributed by atoms with Crippen LogP contribution in [0.2, 0.25) is 0 Å². The molecule has 2 aliphatic heterocycles. The van der Waals surface area contributed by atoms with Gasteiger partial charge in [-0.2, -0.15) is 0 Å². The van der Waals surface area contributed by atoms with Gasteiger partial charge in [-0.25, -0.2) is 0 Å². The molecule has 4 rings (SSSR count). The molecule has 29 heavy (non-hydrogen) atoms. The van der Waals surface area contributed by atoms with E-state index in [0.29, 0.717) is 23.3 Å². The number of nitrogens with zero attached hydrogens (tertiary/aromatic N) is 2. The van der Waals surface area contributed by atoms with E-state index >= 15 is 0 Å². The quantitative estimate of drug-likeness (QED) is 0.452. The van der Waals surface area contributed by atoms with E-state index in [2.05, 4.69) is 40.5 Å². The number of nitrogens with one attached hydrogen (secondary N) is 1. The summed E-state index contributed by atoms with van der Waals surface area (Å²) in [5.74, 6) is 1.21. The molecular weight excluding hydrogens is 360 g/mol. The van der Waals surface area contributed by atoms with Gasteiger partial charge in [0, 0.05) is 45.4 Å². The second kappa shape index (κ2) is 9.94. The molecule has 1 atom stereocenters. The monoisotopic (exact) mass is 398 g/mol. The fourth-order valence-corrected chi connectivity index (χ4v) is 5.59. The second-order valence-electron chi connectivity index (χ2n) is 9.39. The molecule has 3 N–H and O–H groups in total. The summed E-state index contributed by atoms with van der Waals surface area (Å²) < 4.78 is 5.70. The smallest absolute Gasteiger partial charge is 0.188 e. The van der Waals surface area contributed by atoms with E-state index in [4.69, 9.17) is 15.5 Å². The molecule has 5 nitrogen and oxygen atoms in total. The summed E-state index contributed by atoms with van der Waals surface area (Å²) in [4.78, 5) is 7.46. The predicted molar refractivity (Wildman–Crippen MR) is 119 cm³/mol. The van der Waals surface area contributed by atoms with Crippen molar-refractivity contribution in [2.75, 3.05) is 32.8 Å². The van der Waals surface area contributed by atoms with E-state index in [0.717, 1.165) is 52.2 Å². The van der Waals surface area contributed by atoms with Crippen LogP contribution in [-0.2, 0) is 11.3 Å². The average molecular weight is 399 g/mol. The van der Waals surface area contributed by atoms with Crippen LogP contribution in [0.1, 0.15) is 56.9 Å². The lowest BCUT2D eigenvalue weighted by Crippen LogP contribution is -2.41. The van der Waals surface area contributed by atoms with Crippen molar-refractivity contribution < 1.29 is 4.74 Å². The van der Waals surface area contributed by atoms with Gasteiger partial charge in [0.1, 0.15) is 0 Å². The van der Waals surface area contributed by atoms with Crippen LogP contribution in [0, 0.1) is 11.3 Å². The van der Waals surface area contributed by atoms with Crippen LogP contribution in [0.5, 0.6) is 0 Å².